The van der Waals surface area contributed by atoms with E-state index in [2.05, 4.69) is 29.5 Å². The molecular formula is C16H22ClN3. The van der Waals surface area contributed by atoms with Crippen molar-refractivity contribution in [2.75, 3.05) is 6.54 Å². The molecule has 4 heteroatoms. The van der Waals surface area contributed by atoms with E-state index in [1.807, 2.05) is 36.1 Å². The summed E-state index contributed by atoms with van der Waals surface area (Å²) in [5.41, 5.74) is 2.48. The van der Waals surface area contributed by atoms with E-state index in [1.54, 1.807) is 0 Å². The molecule has 0 aliphatic carbocycles. The summed E-state index contributed by atoms with van der Waals surface area (Å²) in [7, 11) is 1.99. The number of nitrogens with one attached hydrogen (secondary N) is 1. The van der Waals surface area contributed by atoms with E-state index < -0.39 is 0 Å². The summed E-state index contributed by atoms with van der Waals surface area (Å²) in [6, 6.07) is 10.6. The Labute approximate surface area is 126 Å². The maximum Gasteiger partial charge on any atom is 0.0492 e. The molecule has 1 heterocycles. The zero-order valence-electron chi connectivity index (χ0n) is 12.1. The minimum absolute atomic E-state index is 0.440. The normalized spacial score (nSPS) is 12.6. The van der Waals surface area contributed by atoms with Crippen LogP contribution in [0.3, 0.4) is 0 Å². The van der Waals surface area contributed by atoms with Crippen molar-refractivity contribution >= 4 is 11.6 Å². The number of nitrogens with zero attached hydrogens (tertiary/aromatic N) is 2. The fraction of sp³-hybridized carbons (Fsp3) is 0.438. The van der Waals surface area contributed by atoms with Crippen LogP contribution in [0.25, 0.3) is 0 Å². The van der Waals surface area contributed by atoms with Crippen molar-refractivity contribution in [2.45, 2.75) is 32.2 Å². The minimum atomic E-state index is 0.440. The Balaban J connectivity index is 1.97. The molecule has 0 bridgehead atoms. The van der Waals surface area contributed by atoms with Gasteiger partial charge in [0.2, 0.25) is 0 Å². The average Bonchev–Trinajstić information content (AvgIpc) is 2.84. The molecule has 2 rings (SSSR count). The zero-order valence-corrected chi connectivity index (χ0v) is 12.9. The largest absolute Gasteiger partial charge is 0.314 e. The summed E-state index contributed by atoms with van der Waals surface area (Å²) in [6.07, 6.45) is 4.92. The smallest absolute Gasteiger partial charge is 0.0492 e. The molecule has 0 spiro atoms. The lowest BCUT2D eigenvalue weighted by atomic mass is 10.0. The zero-order chi connectivity index (χ0) is 14.4. The first-order chi connectivity index (χ1) is 9.70. The highest BCUT2D eigenvalue weighted by Crippen LogP contribution is 2.18. The molecule has 0 saturated carbocycles. The van der Waals surface area contributed by atoms with Gasteiger partial charge in [-0.15, -0.1) is 0 Å². The van der Waals surface area contributed by atoms with Crippen LogP contribution in [-0.4, -0.2) is 22.4 Å². The third-order valence-electron chi connectivity index (χ3n) is 3.59. The lowest BCUT2D eigenvalue weighted by Crippen LogP contribution is -2.31. The molecule has 0 radical (unpaired) electrons. The molecule has 0 amide bonds. The van der Waals surface area contributed by atoms with Crippen molar-refractivity contribution in [3.8, 4) is 0 Å². The van der Waals surface area contributed by atoms with Gasteiger partial charge in [-0.2, -0.15) is 5.10 Å². The third-order valence-corrected chi connectivity index (χ3v) is 3.96. The fourth-order valence-electron chi connectivity index (χ4n) is 2.46. The summed E-state index contributed by atoms with van der Waals surface area (Å²) in [6.45, 7) is 3.12. The van der Waals surface area contributed by atoms with Gasteiger partial charge in [-0.3, -0.25) is 4.68 Å². The molecule has 2 aromatic rings. The van der Waals surface area contributed by atoms with E-state index in [9.17, 15) is 0 Å². The molecule has 20 heavy (non-hydrogen) atoms. The molecule has 0 fully saturated rings. The van der Waals surface area contributed by atoms with Crippen molar-refractivity contribution in [2.24, 2.45) is 7.05 Å². The molecule has 1 unspecified atom stereocenters. The average molecular weight is 292 g/mol. The molecule has 0 aliphatic heterocycles. The highest BCUT2D eigenvalue weighted by Gasteiger charge is 2.11. The SMILES string of the molecule is CCNC(CCc1ccnn1C)Cc1ccccc1Cl. The van der Waals surface area contributed by atoms with E-state index in [1.165, 1.54) is 11.3 Å². The standard InChI is InChI=1S/C16H22ClN3/c1-3-18-14(8-9-15-10-11-19-20(15)2)12-13-6-4-5-7-16(13)17/h4-7,10-11,14,18H,3,8-9,12H2,1-2H3. The minimum Gasteiger partial charge on any atom is -0.314 e. The van der Waals surface area contributed by atoms with Gasteiger partial charge in [-0.25, -0.2) is 0 Å². The number of hydrogen-bond donors (Lipinski definition) is 1. The van der Waals surface area contributed by atoms with Crippen LogP contribution in [0, 0.1) is 0 Å². The first-order valence-corrected chi connectivity index (χ1v) is 7.52. The predicted octanol–water partition coefficient (Wildman–Crippen LogP) is 3.23. The monoisotopic (exact) mass is 291 g/mol. The maximum atomic E-state index is 6.25. The molecule has 0 aliphatic rings. The Hall–Kier alpha value is -1.32. The second-order valence-corrected chi connectivity index (χ2v) is 5.44. The van der Waals surface area contributed by atoms with Gasteiger partial charge in [0.15, 0.2) is 0 Å². The first kappa shape index (κ1) is 15.1. The maximum absolute atomic E-state index is 6.25. The number of likely N-dealkylation sites (N-methyl/N-ethyl adjacent to an activating group) is 1. The van der Waals surface area contributed by atoms with Gasteiger partial charge >= 0.3 is 0 Å². The number of hydrogen-bond acceptors (Lipinski definition) is 2. The summed E-state index contributed by atoms with van der Waals surface area (Å²) < 4.78 is 1.94. The van der Waals surface area contributed by atoms with E-state index in [0.29, 0.717) is 6.04 Å². The number of aryl methyl sites for hydroxylation is 2. The highest BCUT2D eigenvalue weighted by molar-refractivity contribution is 6.31. The number of rotatable bonds is 7. The van der Waals surface area contributed by atoms with Crippen LogP contribution in [0.4, 0.5) is 0 Å². The van der Waals surface area contributed by atoms with E-state index in [-0.39, 0.29) is 0 Å². The van der Waals surface area contributed by atoms with Crippen LogP contribution in [0.15, 0.2) is 36.5 Å². The summed E-state index contributed by atoms with van der Waals surface area (Å²) in [5.74, 6) is 0. The van der Waals surface area contributed by atoms with E-state index in [4.69, 9.17) is 11.6 Å². The van der Waals surface area contributed by atoms with Crippen LogP contribution in [0.1, 0.15) is 24.6 Å². The molecule has 0 saturated heterocycles. The van der Waals surface area contributed by atoms with Crippen LogP contribution < -0.4 is 5.32 Å². The Morgan fingerprint density at radius 2 is 2.10 bits per heavy atom. The number of benzene rings is 1. The summed E-state index contributed by atoms with van der Waals surface area (Å²) in [5, 5.41) is 8.62. The van der Waals surface area contributed by atoms with Crippen molar-refractivity contribution in [3.05, 3.63) is 52.8 Å². The van der Waals surface area contributed by atoms with Crippen LogP contribution >= 0.6 is 11.6 Å². The van der Waals surface area contributed by atoms with Crippen LogP contribution in [0.5, 0.6) is 0 Å². The quantitative estimate of drug-likeness (QED) is 0.849. The third kappa shape index (κ3) is 4.09. The summed E-state index contributed by atoms with van der Waals surface area (Å²) in [4.78, 5) is 0. The van der Waals surface area contributed by atoms with Crippen LogP contribution in [0.2, 0.25) is 5.02 Å². The topological polar surface area (TPSA) is 29.9 Å². The molecule has 1 atom stereocenters. The van der Waals surface area contributed by atoms with Crippen molar-refractivity contribution in [1.82, 2.24) is 15.1 Å². The van der Waals surface area contributed by atoms with Gasteiger partial charge in [0.25, 0.3) is 0 Å². The second kappa shape index (κ2) is 7.46. The molecule has 1 N–H and O–H groups in total. The molecule has 1 aromatic heterocycles. The Morgan fingerprint density at radius 3 is 2.75 bits per heavy atom. The fourth-order valence-corrected chi connectivity index (χ4v) is 2.68. The van der Waals surface area contributed by atoms with Gasteiger partial charge in [0.05, 0.1) is 0 Å². The molecule has 108 valence electrons. The number of aromatic nitrogens is 2. The van der Waals surface area contributed by atoms with Crippen molar-refractivity contribution in [1.29, 1.82) is 0 Å². The van der Waals surface area contributed by atoms with Gasteiger partial charge in [-0.1, -0.05) is 36.7 Å². The van der Waals surface area contributed by atoms with E-state index in [0.717, 1.165) is 30.8 Å². The van der Waals surface area contributed by atoms with Crippen LogP contribution in [-0.2, 0) is 19.9 Å². The lowest BCUT2D eigenvalue weighted by Gasteiger charge is -2.18. The Kier molecular flexibility index (Phi) is 5.62. The van der Waals surface area contributed by atoms with Gasteiger partial charge in [-0.05, 0) is 43.5 Å². The Bertz CT molecular complexity index is 536. The molecule has 3 nitrogen and oxygen atoms in total. The Morgan fingerprint density at radius 1 is 1.30 bits per heavy atom. The molecule has 1 aromatic carbocycles. The number of halogens is 1. The highest BCUT2D eigenvalue weighted by atomic mass is 35.5. The van der Waals surface area contributed by atoms with Gasteiger partial charge in [0.1, 0.15) is 0 Å². The first-order valence-electron chi connectivity index (χ1n) is 7.14. The van der Waals surface area contributed by atoms with Crippen molar-refractivity contribution in [3.63, 3.8) is 0 Å². The second-order valence-electron chi connectivity index (χ2n) is 5.03. The van der Waals surface area contributed by atoms with Gasteiger partial charge in [0, 0.05) is 30.0 Å². The predicted molar refractivity (Wildman–Crippen MR) is 84.1 cm³/mol. The van der Waals surface area contributed by atoms with E-state index >= 15 is 0 Å². The molecular weight excluding hydrogens is 270 g/mol. The summed E-state index contributed by atoms with van der Waals surface area (Å²) >= 11 is 6.25. The van der Waals surface area contributed by atoms with Gasteiger partial charge < -0.3 is 5.32 Å². The van der Waals surface area contributed by atoms with Crippen molar-refractivity contribution < 1.29 is 0 Å². The lowest BCUT2D eigenvalue weighted by molar-refractivity contribution is 0.484.